The van der Waals surface area contributed by atoms with Gasteiger partial charge < -0.3 is 20.4 Å². The molecule has 5 rings (SSSR count). The van der Waals surface area contributed by atoms with Crippen molar-refractivity contribution >= 4 is 33.7 Å². The van der Waals surface area contributed by atoms with Gasteiger partial charge in [-0.2, -0.15) is 0 Å². The second-order valence-corrected chi connectivity index (χ2v) is 9.53. The quantitative estimate of drug-likeness (QED) is 0.317. The van der Waals surface area contributed by atoms with Crippen molar-refractivity contribution < 1.29 is 14.7 Å². The van der Waals surface area contributed by atoms with E-state index in [1.54, 1.807) is 30.5 Å². The summed E-state index contributed by atoms with van der Waals surface area (Å²) in [6, 6.07) is 13.4. The molecule has 9 nitrogen and oxygen atoms in total. The number of carbonyl (C=O) groups excluding carboxylic acids is 1. The van der Waals surface area contributed by atoms with Crippen molar-refractivity contribution in [3.63, 3.8) is 0 Å². The SMILES string of the molecule is O=C(O)C1CCC(CNC(=O)[C@H](Cc2c[nH]c3ccccc23)n2c(=O)[nH]c3ccccc3c2=O)CC1. The number of benzene rings is 2. The molecule has 1 atom stereocenters. The number of amides is 1. The molecule has 2 aromatic heterocycles. The number of nitrogens with zero attached hydrogens (tertiary/aromatic N) is 1. The first-order valence-electron chi connectivity index (χ1n) is 12.2. The Kier molecular flexibility index (Phi) is 6.45. The summed E-state index contributed by atoms with van der Waals surface area (Å²) in [4.78, 5) is 57.1. The second kappa shape index (κ2) is 9.85. The van der Waals surface area contributed by atoms with Crippen LogP contribution in [0.5, 0.6) is 0 Å². The van der Waals surface area contributed by atoms with E-state index in [1.807, 2.05) is 24.3 Å². The van der Waals surface area contributed by atoms with E-state index < -0.39 is 29.2 Å². The Bertz CT molecular complexity index is 1540. The van der Waals surface area contributed by atoms with Crippen LogP contribution in [0.1, 0.15) is 37.3 Å². The third kappa shape index (κ3) is 4.56. The fourth-order valence-corrected chi connectivity index (χ4v) is 5.25. The van der Waals surface area contributed by atoms with Gasteiger partial charge in [-0.15, -0.1) is 0 Å². The third-order valence-corrected chi connectivity index (χ3v) is 7.30. The maximum Gasteiger partial charge on any atom is 0.329 e. The van der Waals surface area contributed by atoms with Gasteiger partial charge in [0.25, 0.3) is 5.56 Å². The van der Waals surface area contributed by atoms with Crippen molar-refractivity contribution in [1.29, 1.82) is 0 Å². The molecular weight excluding hydrogens is 460 g/mol. The summed E-state index contributed by atoms with van der Waals surface area (Å²) >= 11 is 0. The molecule has 0 aliphatic heterocycles. The number of aromatic nitrogens is 3. The largest absolute Gasteiger partial charge is 0.481 e. The van der Waals surface area contributed by atoms with Gasteiger partial charge in [0, 0.05) is 30.1 Å². The van der Waals surface area contributed by atoms with Gasteiger partial charge in [-0.05, 0) is 55.4 Å². The smallest absolute Gasteiger partial charge is 0.329 e. The van der Waals surface area contributed by atoms with Gasteiger partial charge in [-0.1, -0.05) is 30.3 Å². The molecule has 1 amide bonds. The summed E-state index contributed by atoms with van der Waals surface area (Å²) in [6.45, 7) is 0.371. The standard InChI is InChI=1S/C27H28N4O5/c32-24(29-14-16-9-11-17(12-10-16)26(34)35)23(13-18-15-28-21-7-3-1-5-19(18)21)31-25(33)20-6-2-4-8-22(20)30-27(31)36/h1-8,15-17,23,28H,9-14H2,(H,29,32)(H,30,36)(H,34,35)/t16?,17?,23-/m0/s1. The summed E-state index contributed by atoms with van der Waals surface area (Å²) in [5, 5.41) is 13.4. The van der Waals surface area contributed by atoms with Crippen LogP contribution in [0.3, 0.4) is 0 Å². The zero-order chi connectivity index (χ0) is 25.2. The molecule has 4 N–H and O–H groups in total. The van der Waals surface area contributed by atoms with E-state index in [9.17, 15) is 24.3 Å². The summed E-state index contributed by atoms with van der Waals surface area (Å²) < 4.78 is 1.01. The van der Waals surface area contributed by atoms with E-state index in [0.29, 0.717) is 43.1 Å². The molecule has 0 saturated heterocycles. The molecule has 1 fully saturated rings. The number of aliphatic carboxylic acids is 1. The molecule has 186 valence electrons. The highest BCUT2D eigenvalue weighted by molar-refractivity contribution is 5.86. The van der Waals surface area contributed by atoms with Gasteiger partial charge in [0.15, 0.2) is 0 Å². The van der Waals surface area contributed by atoms with E-state index in [0.717, 1.165) is 21.0 Å². The van der Waals surface area contributed by atoms with Gasteiger partial charge in [0.1, 0.15) is 6.04 Å². The Hall–Kier alpha value is -4.14. The van der Waals surface area contributed by atoms with Crippen LogP contribution >= 0.6 is 0 Å². The highest BCUT2D eigenvalue weighted by atomic mass is 16.4. The Morgan fingerprint density at radius 3 is 2.36 bits per heavy atom. The van der Waals surface area contributed by atoms with Crippen LogP contribution < -0.4 is 16.6 Å². The van der Waals surface area contributed by atoms with Crippen molar-refractivity contribution in [2.75, 3.05) is 6.54 Å². The maximum absolute atomic E-state index is 13.5. The zero-order valence-corrected chi connectivity index (χ0v) is 19.7. The van der Waals surface area contributed by atoms with Crippen LogP contribution in [0.25, 0.3) is 21.8 Å². The number of carbonyl (C=O) groups is 2. The Morgan fingerprint density at radius 2 is 1.64 bits per heavy atom. The molecule has 1 saturated carbocycles. The monoisotopic (exact) mass is 488 g/mol. The van der Waals surface area contributed by atoms with Crippen molar-refractivity contribution in [2.24, 2.45) is 11.8 Å². The van der Waals surface area contributed by atoms with Crippen molar-refractivity contribution in [3.05, 3.63) is 81.1 Å². The third-order valence-electron chi connectivity index (χ3n) is 7.30. The molecule has 0 radical (unpaired) electrons. The summed E-state index contributed by atoms with van der Waals surface area (Å²) in [6.07, 6.45) is 4.54. The molecule has 2 heterocycles. The number of hydrogen-bond acceptors (Lipinski definition) is 4. The van der Waals surface area contributed by atoms with Crippen LogP contribution in [0.2, 0.25) is 0 Å². The lowest BCUT2D eigenvalue weighted by molar-refractivity contribution is -0.143. The molecular formula is C27H28N4O5. The van der Waals surface area contributed by atoms with Gasteiger partial charge in [0.2, 0.25) is 5.91 Å². The molecule has 2 aromatic carbocycles. The highest BCUT2D eigenvalue weighted by Crippen LogP contribution is 2.29. The predicted molar refractivity (Wildman–Crippen MR) is 136 cm³/mol. The summed E-state index contributed by atoms with van der Waals surface area (Å²) in [5.41, 5.74) is 0.996. The lowest BCUT2D eigenvalue weighted by Crippen LogP contribution is -2.46. The van der Waals surface area contributed by atoms with Crippen LogP contribution in [0.15, 0.2) is 64.3 Å². The molecule has 0 spiro atoms. The first-order valence-corrected chi connectivity index (χ1v) is 12.2. The van der Waals surface area contributed by atoms with Gasteiger partial charge >= 0.3 is 11.7 Å². The van der Waals surface area contributed by atoms with E-state index in [2.05, 4.69) is 15.3 Å². The Labute approximate surface area is 206 Å². The number of H-pyrrole nitrogens is 2. The minimum Gasteiger partial charge on any atom is -0.481 e. The Balaban J connectivity index is 1.46. The Morgan fingerprint density at radius 1 is 0.972 bits per heavy atom. The number of para-hydroxylation sites is 2. The lowest BCUT2D eigenvalue weighted by Gasteiger charge is -2.27. The minimum absolute atomic E-state index is 0.156. The number of fused-ring (bicyclic) bond motifs is 2. The normalized spacial score (nSPS) is 18.8. The molecule has 9 heteroatoms. The minimum atomic E-state index is -1.06. The van der Waals surface area contributed by atoms with E-state index in [-0.39, 0.29) is 18.3 Å². The average molecular weight is 489 g/mol. The number of hydrogen-bond donors (Lipinski definition) is 4. The molecule has 4 aromatic rings. The topological polar surface area (TPSA) is 137 Å². The fraction of sp³-hybridized carbons (Fsp3) is 0.333. The summed E-state index contributed by atoms with van der Waals surface area (Å²) in [5.74, 6) is -1.36. The molecule has 1 aliphatic carbocycles. The van der Waals surface area contributed by atoms with Crippen LogP contribution in [0, 0.1) is 11.8 Å². The maximum atomic E-state index is 13.5. The van der Waals surface area contributed by atoms with E-state index in [1.165, 1.54) is 0 Å². The van der Waals surface area contributed by atoms with Crippen molar-refractivity contribution in [2.45, 2.75) is 38.1 Å². The van der Waals surface area contributed by atoms with Crippen LogP contribution in [0.4, 0.5) is 0 Å². The van der Waals surface area contributed by atoms with Gasteiger partial charge in [-0.25, -0.2) is 9.36 Å². The highest BCUT2D eigenvalue weighted by Gasteiger charge is 2.29. The van der Waals surface area contributed by atoms with Crippen LogP contribution in [-0.4, -0.2) is 38.1 Å². The zero-order valence-electron chi connectivity index (χ0n) is 19.7. The van der Waals surface area contributed by atoms with E-state index in [4.69, 9.17) is 0 Å². The van der Waals surface area contributed by atoms with Gasteiger partial charge in [0.05, 0.1) is 16.8 Å². The molecule has 0 unspecified atom stereocenters. The summed E-state index contributed by atoms with van der Waals surface area (Å²) in [7, 11) is 0. The fourth-order valence-electron chi connectivity index (χ4n) is 5.25. The van der Waals surface area contributed by atoms with Crippen molar-refractivity contribution in [3.8, 4) is 0 Å². The number of carboxylic acids is 1. The van der Waals surface area contributed by atoms with E-state index >= 15 is 0 Å². The number of rotatable bonds is 7. The molecule has 36 heavy (non-hydrogen) atoms. The average Bonchev–Trinajstić information content (AvgIpc) is 3.29. The first-order chi connectivity index (χ1) is 17.4. The second-order valence-electron chi connectivity index (χ2n) is 9.53. The molecule has 0 bridgehead atoms. The van der Waals surface area contributed by atoms with Gasteiger partial charge in [-0.3, -0.25) is 14.4 Å². The lowest BCUT2D eigenvalue weighted by atomic mass is 9.82. The number of aromatic amines is 2. The van der Waals surface area contributed by atoms with Crippen molar-refractivity contribution in [1.82, 2.24) is 19.9 Å². The first kappa shape index (κ1) is 23.6. The predicted octanol–water partition coefficient (Wildman–Crippen LogP) is 2.96. The van der Waals surface area contributed by atoms with Crippen LogP contribution in [-0.2, 0) is 16.0 Å². The number of nitrogens with one attached hydrogen (secondary N) is 3. The molecule has 1 aliphatic rings. The number of carboxylic acid groups (broad SMARTS) is 1.